The van der Waals surface area contributed by atoms with Gasteiger partial charge in [0.15, 0.2) is 0 Å². The Morgan fingerprint density at radius 3 is 2.49 bits per heavy atom. The van der Waals surface area contributed by atoms with Gasteiger partial charge in [0.2, 0.25) is 5.91 Å². The molecule has 2 aliphatic rings. The summed E-state index contributed by atoms with van der Waals surface area (Å²) in [5.74, 6) is 0.862. The summed E-state index contributed by atoms with van der Waals surface area (Å²) in [4.78, 5) is 31.7. The molecular weight excluding hydrogens is 486 g/mol. The topological polar surface area (TPSA) is 54.8 Å². The third-order valence-corrected chi connectivity index (χ3v) is 8.38. The van der Waals surface area contributed by atoms with E-state index in [1.807, 2.05) is 47.5 Å². The van der Waals surface area contributed by atoms with Crippen LogP contribution in [-0.2, 0) is 11.3 Å². The van der Waals surface area contributed by atoms with Gasteiger partial charge in [-0.1, -0.05) is 62.9 Å². The number of rotatable bonds is 4. The maximum atomic E-state index is 14.0. The second-order valence-electron chi connectivity index (χ2n) is 11.2. The van der Waals surface area contributed by atoms with Gasteiger partial charge in [-0.15, -0.1) is 0 Å². The molecule has 2 atom stereocenters. The monoisotopic (exact) mass is 529 g/mol. The Kier molecular flexibility index (Phi) is 9.23. The van der Waals surface area contributed by atoms with E-state index >= 15 is 0 Å². The van der Waals surface area contributed by atoms with Crippen molar-refractivity contribution in [3.63, 3.8) is 0 Å². The van der Waals surface area contributed by atoms with Crippen LogP contribution in [-0.4, -0.2) is 58.0 Å². The van der Waals surface area contributed by atoms with Gasteiger partial charge in [0, 0.05) is 31.3 Å². The standard InChI is InChI=1S/C33H43N3O3/c1-2-21-34-22-12-4-3-5-13-23-36(32(37)25-35-24-20-26-14-6-8-16-28(26)35)29-17-9-11-19-31(29)39-30-18-10-7-15-27(30)33(34)38/h6-8,10,14-16,18,20,24,29,31H,2-5,9,11-13,17,19,21-23,25H2,1H3/t29-,31+/m1/s1. The van der Waals surface area contributed by atoms with E-state index in [0.29, 0.717) is 17.9 Å². The van der Waals surface area contributed by atoms with Crippen LogP contribution in [0.25, 0.3) is 10.9 Å². The minimum absolute atomic E-state index is 0.00751. The van der Waals surface area contributed by atoms with Crippen LogP contribution in [0.3, 0.4) is 0 Å². The number of aromatic nitrogens is 1. The van der Waals surface area contributed by atoms with Crippen molar-refractivity contribution in [2.75, 3.05) is 19.6 Å². The Morgan fingerprint density at radius 2 is 1.62 bits per heavy atom. The van der Waals surface area contributed by atoms with Crippen LogP contribution in [0, 0.1) is 0 Å². The summed E-state index contributed by atoms with van der Waals surface area (Å²) in [6.07, 6.45) is 12.1. The Bertz CT molecular complexity index is 1250. The van der Waals surface area contributed by atoms with E-state index in [4.69, 9.17) is 4.74 Å². The van der Waals surface area contributed by atoms with Gasteiger partial charge >= 0.3 is 0 Å². The van der Waals surface area contributed by atoms with Crippen LogP contribution in [0.1, 0.15) is 81.5 Å². The molecule has 0 spiro atoms. The summed E-state index contributed by atoms with van der Waals surface area (Å²) >= 11 is 0. The fourth-order valence-corrected chi connectivity index (χ4v) is 6.34. The van der Waals surface area contributed by atoms with E-state index in [-0.39, 0.29) is 24.0 Å². The molecule has 0 saturated heterocycles. The van der Waals surface area contributed by atoms with Gasteiger partial charge in [0.1, 0.15) is 18.4 Å². The second-order valence-corrected chi connectivity index (χ2v) is 11.2. The van der Waals surface area contributed by atoms with Gasteiger partial charge in [-0.25, -0.2) is 0 Å². The van der Waals surface area contributed by atoms with Crippen LogP contribution in [0.4, 0.5) is 0 Å². The molecular formula is C33H43N3O3. The molecule has 0 unspecified atom stereocenters. The molecule has 39 heavy (non-hydrogen) atoms. The molecule has 2 amide bonds. The SMILES string of the molecule is CCCN1CCCCCCCN(C(=O)Cn2ccc3ccccc32)[C@@H]2CCCC[C@@H]2Oc2ccccc2C1=O. The van der Waals surface area contributed by atoms with Gasteiger partial charge in [-0.05, 0) is 68.2 Å². The van der Waals surface area contributed by atoms with Crippen molar-refractivity contribution >= 4 is 22.7 Å². The predicted octanol–water partition coefficient (Wildman–Crippen LogP) is 6.68. The smallest absolute Gasteiger partial charge is 0.257 e. The number of amides is 2. The lowest BCUT2D eigenvalue weighted by Crippen LogP contribution is -2.52. The molecule has 208 valence electrons. The third-order valence-electron chi connectivity index (χ3n) is 8.38. The minimum Gasteiger partial charge on any atom is -0.487 e. The molecule has 0 N–H and O–H groups in total. The number of hydrogen-bond acceptors (Lipinski definition) is 3. The van der Waals surface area contributed by atoms with E-state index < -0.39 is 0 Å². The number of para-hydroxylation sites is 2. The first-order chi connectivity index (χ1) is 19.2. The molecule has 2 aromatic carbocycles. The van der Waals surface area contributed by atoms with Crippen LogP contribution < -0.4 is 4.74 Å². The normalized spacial score (nSPS) is 21.4. The van der Waals surface area contributed by atoms with Gasteiger partial charge in [-0.2, -0.15) is 0 Å². The van der Waals surface area contributed by atoms with Crippen LogP contribution in [0.2, 0.25) is 0 Å². The Labute approximate surface area is 232 Å². The lowest BCUT2D eigenvalue weighted by Gasteiger charge is -2.40. The Hall–Kier alpha value is -3.28. The number of carbonyl (C=O) groups is 2. The molecule has 0 bridgehead atoms. The van der Waals surface area contributed by atoms with Crippen LogP contribution in [0.5, 0.6) is 5.75 Å². The fraction of sp³-hybridized carbons (Fsp3) is 0.515. The number of ether oxygens (including phenoxy) is 1. The molecule has 1 aromatic heterocycles. The maximum absolute atomic E-state index is 14.0. The number of carbonyl (C=O) groups excluding carboxylic acids is 2. The summed E-state index contributed by atoms with van der Waals surface area (Å²) in [5, 5.41) is 1.15. The van der Waals surface area contributed by atoms with E-state index in [0.717, 1.165) is 94.7 Å². The van der Waals surface area contributed by atoms with E-state index in [2.05, 4.69) is 34.6 Å². The van der Waals surface area contributed by atoms with Gasteiger partial charge in [0.25, 0.3) is 5.91 Å². The molecule has 6 heteroatoms. The zero-order chi connectivity index (χ0) is 27.0. The average molecular weight is 530 g/mol. The zero-order valence-electron chi connectivity index (χ0n) is 23.4. The number of fused-ring (bicyclic) bond motifs is 3. The highest BCUT2D eigenvalue weighted by atomic mass is 16.5. The van der Waals surface area contributed by atoms with Crippen molar-refractivity contribution in [1.29, 1.82) is 0 Å². The summed E-state index contributed by atoms with van der Waals surface area (Å²) in [5.41, 5.74) is 1.73. The number of hydrogen-bond donors (Lipinski definition) is 0. The molecule has 1 aliphatic heterocycles. The van der Waals surface area contributed by atoms with Crippen molar-refractivity contribution in [2.24, 2.45) is 0 Å². The fourth-order valence-electron chi connectivity index (χ4n) is 6.34. The lowest BCUT2D eigenvalue weighted by molar-refractivity contribution is -0.137. The highest BCUT2D eigenvalue weighted by Gasteiger charge is 2.35. The Morgan fingerprint density at radius 1 is 0.872 bits per heavy atom. The van der Waals surface area contributed by atoms with Crippen molar-refractivity contribution < 1.29 is 14.3 Å². The van der Waals surface area contributed by atoms with Gasteiger partial charge in [0.05, 0.1) is 11.6 Å². The van der Waals surface area contributed by atoms with E-state index in [1.54, 1.807) is 0 Å². The molecule has 0 radical (unpaired) electrons. The van der Waals surface area contributed by atoms with E-state index in [1.165, 1.54) is 0 Å². The molecule has 1 saturated carbocycles. The zero-order valence-corrected chi connectivity index (χ0v) is 23.4. The summed E-state index contributed by atoms with van der Waals surface area (Å²) < 4.78 is 8.78. The van der Waals surface area contributed by atoms with Crippen molar-refractivity contribution in [1.82, 2.24) is 14.4 Å². The predicted molar refractivity (Wildman–Crippen MR) is 156 cm³/mol. The first-order valence-corrected chi connectivity index (χ1v) is 15.0. The van der Waals surface area contributed by atoms with Crippen molar-refractivity contribution in [3.8, 4) is 5.75 Å². The highest BCUT2D eigenvalue weighted by molar-refractivity contribution is 5.97. The summed E-state index contributed by atoms with van der Waals surface area (Å²) in [7, 11) is 0. The molecule has 2 heterocycles. The lowest BCUT2D eigenvalue weighted by atomic mass is 9.90. The summed E-state index contributed by atoms with van der Waals surface area (Å²) in [6, 6.07) is 18.0. The second kappa shape index (κ2) is 13.2. The van der Waals surface area contributed by atoms with Crippen molar-refractivity contribution in [2.45, 2.75) is 89.8 Å². The maximum Gasteiger partial charge on any atom is 0.257 e. The number of benzene rings is 2. The average Bonchev–Trinajstić information content (AvgIpc) is 3.36. The Balaban J connectivity index is 1.43. The third kappa shape index (κ3) is 6.48. The molecule has 1 aliphatic carbocycles. The van der Waals surface area contributed by atoms with Gasteiger partial charge < -0.3 is 19.1 Å². The first kappa shape index (κ1) is 27.3. The van der Waals surface area contributed by atoms with Crippen molar-refractivity contribution in [3.05, 3.63) is 66.4 Å². The van der Waals surface area contributed by atoms with Crippen LogP contribution >= 0.6 is 0 Å². The summed E-state index contributed by atoms with van der Waals surface area (Å²) in [6.45, 7) is 4.75. The van der Waals surface area contributed by atoms with Crippen LogP contribution in [0.15, 0.2) is 60.8 Å². The molecule has 3 aromatic rings. The molecule has 6 nitrogen and oxygen atoms in total. The molecule has 1 fully saturated rings. The largest absolute Gasteiger partial charge is 0.487 e. The quantitative estimate of drug-likeness (QED) is 0.379. The van der Waals surface area contributed by atoms with E-state index in [9.17, 15) is 9.59 Å². The minimum atomic E-state index is -0.122. The molecule has 5 rings (SSSR count). The number of nitrogens with zero attached hydrogens (tertiary/aromatic N) is 3. The first-order valence-electron chi connectivity index (χ1n) is 15.0. The highest BCUT2D eigenvalue weighted by Crippen LogP contribution is 2.31. The van der Waals surface area contributed by atoms with Gasteiger partial charge in [-0.3, -0.25) is 9.59 Å².